The maximum Gasteiger partial charge on any atom is 0.357 e. The van der Waals surface area contributed by atoms with Gasteiger partial charge in [-0.2, -0.15) is 5.10 Å². The summed E-state index contributed by atoms with van der Waals surface area (Å²) in [6, 6.07) is 6.35. The number of hydrogen-bond acceptors (Lipinski definition) is 5. The highest BCUT2D eigenvalue weighted by molar-refractivity contribution is 5.71. The van der Waals surface area contributed by atoms with Crippen LogP contribution in [0.15, 0.2) is 46.2 Å². The molecule has 0 unspecified atom stereocenters. The molecule has 0 aliphatic carbocycles. The summed E-state index contributed by atoms with van der Waals surface area (Å²) in [6.07, 6.45) is 6.54. The molecule has 2 aromatic heterocycles. The first kappa shape index (κ1) is 21.9. The molecule has 1 aromatic carbocycles. The van der Waals surface area contributed by atoms with Gasteiger partial charge >= 0.3 is 16.9 Å². The molecule has 162 valence electrons. The lowest BCUT2D eigenvalue weighted by molar-refractivity contribution is -0.387. The Morgan fingerprint density at radius 3 is 2.55 bits per heavy atom. The van der Waals surface area contributed by atoms with E-state index in [0.717, 1.165) is 4.57 Å². The zero-order valence-electron chi connectivity index (χ0n) is 17.2. The fraction of sp³-hybridized carbons (Fsp3) is 0.286. The lowest BCUT2D eigenvalue weighted by Gasteiger charge is -2.11. The van der Waals surface area contributed by atoms with Crippen molar-refractivity contribution in [1.82, 2.24) is 18.9 Å². The van der Waals surface area contributed by atoms with Crippen molar-refractivity contribution in [1.29, 1.82) is 0 Å². The molecule has 0 saturated carbocycles. The molecule has 0 spiro atoms. The van der Waals surface area contributed by atoms with Crippen molar-refractivity contribution in [3.63, 3.8) is 0 Å². The van der Waals surface area contributed by atoms with Gasteiger partial charge in [0, 0.05) is 30.4 Å². The van der Waals surface area contributed by atoms with E-state index in [1.54, 1.807) is 38.2 Å². The second-order valence-corrected chi connectivity index (χ2v) is 6.87. The summed E-state index contributed by atoms with van der Waals surface area (Å²) in [7, 11) is 0. The maximum atomic E-state index is 13.8. The number of benzene rings is 1. The van der Waals surface area contributed by atoms with Crippen molar-refractivity contribution in [2.45, 2.75) is 39.9 Å². The molecule has 0 atom stereocenters. The summed E-state index contributed by atoms with van der Waals surface area (Å²) < 4.78 is 17.5. The van der Waals surface area contributed by atoms with Gasteiger partial charge in [-0.3, -0.25) is 28.7 Å². The van der Waals surface area contributed by atoms with E-state index in [1.165, 1.54) is 33.7 Å². The van der Waals surface area contributed by atoms with Gasteiger partial charge in [0.25, 0.3) is 0 Å². The first-order valence-corrected chi connectivity index (χ1v) is 9.83. The van der Waals surface area contributed by atoms with Gasteiger partial charge in [0.2, 0.25) is 0 Å². The largest absolute Gasteiger partial charge is 0.357 e. The standard InChI is InChI=1S/C21H22FN5O4/c1-3-11-26-20(28)19(27(30)31)18(25(4-2)21(26)29)10-9-15-12-23-24(13-15)14-16-7-5-6-8-17(16)22/h5-10,12-13H,3-4,11,14H2,1-2H3. The Morgan fingerprint density at radius 2 is 1.90 bits per heavy atom. The minimum absolute atomic E-state index is 0.0725. The highest BCUT2D eigenvalue weighted by atomic mass is 19.1. The Balaban J connectivity index is 2.00. The van der Waals surface area contributed by atoms with Gasteiger partial charge in [-0.25, -0.2) is 9.18 Å². The van der Waals surface area contributed by atoms with Crippen molar-refractivity contribution in [3.05, 3.63) is 90.2 Å². The molecule has 10 heteroatoms. The fourth-order valence-corrected chi connectivity index (χ4v) is 3.30. The number of nitrogens with zero attached hydrogens (tertiary/aromatic N) is 5. The third-order valence-corrected chi connectivity index (χ3v) is 4.77. The van der Waals surface area contributed by atoms with E-state index in [4.69, 9.17) is 0 Å². The Kier molecular flexibility index (Phi) is 6.58. The van der Waals surface area contributed by atoms with E-state index in [2.05, 4.69) is 5.10 Å². The van der Waals surface area contributed by atoms with Gasteiger partial charge in [0.05, 0.1) is 17.7 Å². The maximum absolute atomic E-state index is 13.8. The van der Waals surface area contributed by atoms with Crippen LogP contribution in [0.1, 0.15) is 37.1 Å². The van der Waals surface area contributed by atoms with Crippen LogP contribution in [-0.2, 0) is 19.6 Å². The molecular weight excluding hydrogens is 405 g/mol. The fourth-order valence-electron chi connectivity index (χ4n) is 3.30. The van der Waals surface area contributed by atoms with Crippen molar-refractivity contribution in [2.75, 3.05) is 0 Å². The third kappa shape index (κ3) is 4.52. The first-order chi connectivity index (χ1) is 14.9. The van der Waals surface area contributed by atoms with Crippen molar-refractivity contribution in [2.24, 2.45) is 0 Å². The van der Waals surface area contributed by atoms with E-state index in [9.17, 15) is 24.1 Å². The molecule has 0 aliphatic rings. The van der Waals surface area contributed by atoms with Crippen LogP contribution >= 0.6 is 0 Å². The summed E-state index contributed by atoms with van der Waals surface area (Å²) in [5, 5.41) is 15.8. The molecule has 0 saturated heterocycles. The Bertz CT molecular complexity index is 1260. The normalized spacial score (nSPS) is 11.3. The third-order valence-electron chi connectivity index (χ3n) is 4.77. The summed E-state index contributed by atoms with van der Waals surface area (Å²) in [4.78, 5) is 36.1. The van der Waals surface area contributed by atoms with Gasteiger partial charge in [-0.15, -0.1) is 0 Å². The molecule has 0 bridgehead atoms. The lowest BCUT2D eigenvalue weighted by Crippen LogP contribution is -2.41. The molecule has 3 rings (SSSR count). The van der Waals surface area contributed by atoms with E-state index in [1.807, 2.05) is 0 Å². The van der Waals surface area contributed by atoms with Crippen molar-refractivity contribution in [3.8, 4) is 0 Å². The van der Waals surface area contributed by atoms with Gasteiger partial charge in [-0.05, 0) is 31.6 Å². The highest BCUT2D eigenvalue weighted by Crippen LogP contribution is 2.16. The number of halogens is 1. The van der Waals surface area contributed by atoms with Crippen LogP contribution in [0.5, 0.6) is 0 Å². The molecule has 0 N–H and O–H groups in total. The van der Waals surface area contributed by atoms with Crippen LogP contribution in [0.25, 0.3) is 12.2 Å². The van der Waals surface area contributed by atoms with Crippen LogP contribution in [0.4, 0.5) is 10.1 Å². The summed E-state index contributed by atoms with van der Waals surface area (Å²) in [6.45, 7) is 3.94. The van der Waals surface area contributed by atoms with E-state index in [0.29, 0.717) is 17.5 Å². The van der Waals surface area contributed by atoms with Gasteiger partial charge in [-0.1, -0.05) is 25.1 Å². The van der Waals surface area contributed by atoms with Crippen LogP contribution < -0.4 is 11.2 Å². The van der Waals surface area contributed by atoms with Crippen molar-refractivity contribution >= 4 is 17.8 Å². The molecule has 0 fully saturated rings. The topological polar surface area (TPSA) is 105 Å². The smallest absolute Gasteiger partial charge is 0.288 e. The average molecular weight is 427 g/mol. The van der Waals surface area contributed by atoms with Gasteiger partial charge in [0.1, 0.15) is 11.5 Å². The molecular formula is C21H22FN5O4. The summed E-state index contributed by atoms with van der Waals surface area (Å²) in [5.41, 5.74) is -1.18. The van der Waals surface area contributed by atoms with Crippen molar-refractivity contribution < 1.29 is 9.31 Å². The zero-order valence-corrected chi connectivity index (χ0v) is 17.2. The molecule has 31 heavy (non-hydrogen) atoms. The molecule has 0 aliphatic heterocycles. The minimum atomic E-state index is -0.920. The highest BCUT2D eigenvalue weighted by Gasteiger charge is 2.25. The predicted octanol–water partition coefficient (Wildman–Crippen LogP) is 2.90. The van der Waals surface area contributed by atoms with E-state index < -0.39 is 21.9 Å². The summed E-state index contributed by atoms with van der Waals surface area (Å²) >= 11 is 0. The molecule has 0 radical (unpaired) electrons. The number of aromatic nitrogens is 4. The Labute approximate surface area is 176 Å². The SMILES string of the molecule is CCCn1c(=O)c([N+](=O)[O-])c(C=Cc2cnn(Cc3ccccc3F)c2)n(CC)c1=O. The predicted molar refractivity (Wildman–Crippen MR) is 114 cm³/mol. The van der Waals surface area contributed by atoms with E-state index >= 15 is 0 Å². The van der Waals surface area contributed by atoms with Crippen LogP contribution in [-0.4, -0.2) is 23.8 Å². The van der Waals surface area contributed by atoms with Gasteiger partial charge in [0.15, 0.2) is 0 Å². The van der Waals surface area contributed by atoms with Gasteiger partial charge < -0.3 is 0 Å². The average Bonchev–Trinajstić information content (AvgIpc) is 3.18. The van der Waals surface area contributed by atoms with Crippen LogP contribution in [0.2, 0.25) is 0 Å². The number of hydrogen-bond donors (Lipinski definition) is 0. The van der Waals surface area contributed by atoms with E-state index in [-0.39, 0.29) is 31.1 Å². The Morgan fingerprint density at radius 1 is 1.16 bits per heavy atom. The quantitative estimate of drug-likeness (QED) is 0.406. The lowest BCUT2D eigenvalue weighted by atomic mass is 10.2. The summed E-state index contributed by atoms with van der Waals surface area (Å²) in [5.74, 6) is -0.342. The van der Waals surface area contributed by atoms with Crippen LogP contribution in [0, 0.1) is 15.9 Å². The Hall–Kier alpha value is -3.82. The number of rotatable bonds is 8. The zero-order chi connectivity index (χ0) is 22.5. The molecule has 3 aromatic rings. The second-order valence-electron chi connectivity index (χ2n) is 6.87. The first-order valence-electron chi connectivity index (χ1n) is 9.83. The number of nitro groups is 1. The van der Waals surface area contributed by atoms with Crippen LogP contribution in [0.3, 0.4) is 0 Å². The monoisotopic (exact) mass is 427 g/mol. The minimum Gasteiger partial charge on any atom is -0.288 e. The molecule has 0 amide bonds. The molecule has 9 nitrogen and oxygen atoms in total. The second kappa shape index (κ2) is 9.33. The molecule has 2 heterocycles.